The van der Waals surface area contributed by atoms with E-state index < -0.39 is 21.6 Å². The van der Waals surface area contributed by atoms with Crippen molar-refractivity contribution in [2.45, 2.75) is 38.4 Å². The molecule has 3 heterocycles. The number of alkyl halides is 3. The molecule has 0 unspecified atom stereocenters. The fraction of sp³-hybridized carbons (Fsp3) is 0.391. The maximum atomic E-state index is 13.0. The molecule has 1 amide bonds. The van der Waals surface area contributed by atoms with E-state index in [9.17, 15) is 26.4 Å². The third kappa shape index (κ3) is 8.60. The van der Waals surface area contributed by atoms with Crippen molar-refractivity contribution in [3.63, 3.8) is 0 Å². The van der Waals surface area contributed by atoms with Crippen LogP contribution in [0.15, 0.2) is 24.4 Å². The molecule has 1 aliphatic rings. The van der Waals surface area contributed by atoms with E-state index in [4.69, 9.17) is 16.3 Å². The Morgan fingerprint density at radius 1 is 1.30 bits per heavy atom. The largest absolute Gasteiger partial charge is 2.00 e. The third-order valence-electron chi connectivity index (χ3n) is 5.65. The summed E-state index contributed by atoms with van der Waals surface area (Å²) in [5.41, 5.74) is 1.59. The van der Waals surface area contributed by atoms with Gasteiger partial charge in [0.1, 0.15) is 21.5 Å². The van der Waals surface area contributed by atoms with Gasteiger partial charge >= 0.3 is 31.1 Å². The number of aromatic nitrogens is 3. The molecule has 3 aromatic rings. The number of ether oxygens (including phenoxy) is 1. The van der Waals surface area contributed by atoms with Gasteiger partial charge in [0.25, 0.3) is 12.1 Å². The molecule has 0 spiro atoms. The maximum absolute atomic E-state index is 13.0. The first-order chi connectivity index (χ1) is 16.6. The number of fused-ring (bicyclic) bond motifs is 1. The van der Waals surface area contributed by atoms with E-state index in [0.29, 0.717) is 29.1 Å². The fourth-order valence-electron chi connectivity index (χ4n) is 3.62. The van der Waals surface area contributed by atoms with Crippen molar-refractivity contribution < 1.29 is 62.2 Å². The van der Waals surface area contributed by atoms with Gasteiger partial charge in [0.15, 0.2) is 5.82 Å². The number of sulfone groups is 1. The van der Waals surface area contributed by atoms with E-state index in [0.717, 1.165) is 11.1 Å². The van der Waals surface area contributed by atoms with Gasteiger partial charge < -0.3 is 14.6 Å². The van der Waals surface area contributed by atoms with Crippen LogP contribution in [0.3, 0.4) is 0 Å². The minimum atomic E-state index is -4.25. The predicted molar refractivity (Wildman–Crippen MR) is 129 cm³/mol. The number of hydrogen-bond donors (Lipinski definition) is 1. The van der Waals surface area contributed by atoms with Gasteiger partial charge in [-0.1, -0.05) is 5.02 Å². The minimum Gasteiger partial charge on any atom is -0.458 e. The summed E-state index contributed by atoms with van der Waals surface area (Å²) in [4.78, 5) is 21.6. The molecule has 0 radical (unpaired) electrons. The first-order valence-corrected chi connectivity index (χ1v) is 12.9. The average molecular weight is 783 g/mol. The quantitative estimate of drug-likeness (QED) is 0.389. The molecule has 1 fully saturated rings. The van der Waals surface area contributed by atoms with Crippen molar-refractivity contribution in [2.75, 3.05) is 11.5 Å². The Kier molecular flexibility index (Phi) is 10.1. The summed E-state index contributed by atoms with van der Waals surface area (Å²) in [6.07, 6.45) is -2.01. The Labute approximate surface area is 241 Å². The van der Waals surface area contributed by atoms with Gasteiger partial charge in [-0.25, -0.2) is 51.2 Å². The Balaban J connectivity index is 0.000000734. The molecule has 14 heteroatoms. The second kappa shape index (κ2) is 11.9. The van der Waals surface area contributed by atoms with Crippen LogP contribution in [0.2, 0.25) is 5.02 Å². The molecule has 0 atom stereocenters. The fourth-order valence-corrected chi connectivity index (χ4v) is 5.45. The van der Waals surface area contributed by atoms with Gasteiger partial charge in [0.05, 0.1) is 22.5 Å². The summed E-state index contributed by atoms with van der Waals surface area (Å²) >= 11 is 5.84. The molecule has 0 saturated carbocycles. The maximum Gasteiger partial charge on any atom is 2.00 e. The van der Waals surface area contributed by atoms with E-state index in [1.807, 2.05) is 19.9 Å². The normalized spacial score (nSPS) is 16.2. The van der Waals surface area contributed by atoms with Crippen LogP contribution in [0.1, 0.15) is 35.9 Å². The summed E-state index contributed by atoms with van der Waals surface area (Å²) < 4.78 is 61.7. The van der Waals surface area contributed by atoms with Crippen LogP contribution in [0.4, 0.5) is 13.2 Å². The molecule has 1 N–H and O–H groups in total. The van der Waals surface area contributed by atoms with Crippen LogP contribution in [-0.4, -0.2) is 52.1 Å². The number of nitrogens with one attached hydrogen (secondary N) is 1. The predicted octanol–water partition coefficient (Wildman–Crippen LogP) is 4.60. The van der Waals surface area contributed by atoms with Crippen LogP contribution in [-0.2, 0) is 16.9 Å². The Bertz CT molecular complexity index is 1360. The van der Waals surface area contributed by atoms with Crippen molar-refractivity contribution >= 4 is 38.4 Å². The SMILES string of the molecule is Cc1c(Oc2[c-]cc(Cl)cn2)ccc2c1nc(C(=O)NC1(C)CCS(=O)(=O)CC1)n2C.[CH2-]C(F)(F)F.[U+2]. The molecular weight excluding hydrogens is 759 g/mol. The molecule has 198 valence electrons. The number of benzene rings is 1. The standard InChI is InChI=1S/C21H22ClN4O4S.C2H2F3.U/c1-13-16(30-17-7-4-14(22)12-23-17)6-5-15-18(13)24-19(26(15)3)20(27)25-21(2)8-10-31(28,29)11-9-21;1-2(3,4)5;/h4-6,12H,8-11H2,1-3H3,(H,25,27);1H2;/q2*-1;+2. The number of hydrogen-bond acceptors (Lipinski definition) is 6. The topological polar surface area (TPSA) is 103 Å². The van der Waals surface area contributed by atoms with E-state index in [-0.39, 0.29) is 60.2 Å². The molecule has 4 rings (SSSR count). The molecule has 1 aliphatic heterocycles. The summed E-state index contributed by atoms with van der Waals surface area (Å²) in [5.74, 6) is 0.884. The number of aryl methyl sites for hydroxylation is 2. The van der Waals surface area contributed by atoms with Gasteiger partial charge in [0, 0.05) is 18.2 Å². The number of nitrogens with zero attached hydrogens (tertiary/aromatic N) is 3. The molecule has 8 nitrogen and oxygen atoms in total. The smallest absolute Gasteiger partial charge is 0.458 e. The number of imidazole rings is 1. The van der Waals surface area contributed by atoms with Crippen molar-refractivity contribution in [3.05, 3.63) is 53.8 Å². The first-order valence-electron chi connectivity index (χ1n) is 10.7. The van der Waals surface area contributed by atoms with Crippen LogP contribution in [0.25, 0.3) is 11.0 Å². The monoisotopic (exact) mass is 782 g/mol. The second-order valence-electron chi connectivity index (χ2n) is 8.67. The van der Waals surface area contributed by atoms with Crippen LogP contribution >= 0.6 is 11.6 Å². The van der Waals surface area contributed by atoms with Gasteiger partial charge in [0.2, 0.25) is 0 Å². The van der Waals surface area contributed by atoms with Crippen LogP contribution < -0.4 is 10.1 Å². The minimum absolute atomic E-state index is 0. The number of halogens is 4. The number of pyridine rings is 1. The molecule has 2 aromatic heterocycles. The summed E-state index contributed by atoms with van der Waals surface area (Å²) in [6, 6.07) is 8.04. The summed E-state index contributed by atoms with van der Waals surface area (Å²) in [6.45, 7) is 5.50. The van der Waals surface area contributed by atoms with Crippen molar-refractivity contribution in [3.8, 4) is 11.6 Å². The van der Waals surface area contributed by atoms with Crippen molar-refractivity contribution in [1.82, 2.24) is 19.9 Å². The number of carbonyl (C=O) groups excluding carboxylic acids is 1. The van der Waals surface area contributed by atoms with Crippen molar-refractivity contribution in [1.29, 1.82) is 0 Å². The average Bonchev–Trinajstić information content (AvgIpc) is 3.10. The summed E-state index contributed by atoms with van der Waals surface area (Å²) in [5, 5.41) is 3.45. The molecular formula is C23H24ClF3N4O4SU. The first kappa shape index (κ1) is 31.4. The Morgan fingerprint density at radius 3 is 2.43 bits per heavy atom. The van der Waals surface area contributed by atoms with Gasteiger partial charge in [-0.05, 0) is 45.0 Å². The van der Waals surface area contributed by atoms with Crippen molar-refractivity contribution in [2.24, 2.45) is 7.05 Å². The van der Waals surface area contributed by atoms with Gasteiger partial charge in [-0.15, -0.1) is 0 Å². The van der Waals surface area contributed by atoms with Crippen LogP contribution in [0, 0.1) is 51.0 Å². The van der Waals surface area contributed by atoms with E-state index >= 15 is 0 Å². The number of rotatable bonds is 4. The Hall–Kier alpha value is -1.81. The zero-order chi connectivity index (χ0) is 26.9. The Morgan fingerprint density at radius 2 is 1.89 bits per heavy atom. The van der Waals surface area contributed by atoms with Gasteiger partial charge in [-0.2, -0.15) is 6.07 Å². The van der Waals surface area contributed by atoms with E-state index in [1.165, 1.54) is 6.20 Å². The van der Waals surface area contributed by atoms with E-state index in [2.05, 4.69) is 21.4 Å². The summed E-state index contributed by atoms with van der Waals surface area (Å²) in [7, 11) is -1.25. The molecule has 37 heavy (non-hydrogen) atoms. The zero-order valence-electron chi connectivity index (χ0n) is 20.2. The number of carbonyl (C=O) groups is 1. The second-order valence-corrected chi connectivity index (χ2v) is 11.4. The van der Waals surface area contributed by atoms with E-state index in [1.54, 1.807) is 30.7 Å². The zero-order valence-corrected chi connectivity index (χ0v) is 26.0. The molecule has 0 bridgehead atoms. The third-order valence-corrected chi connectivity index (χ3v) is 7.51. The molecule has 0 aliphatic carbocycles. The number of amides is 1. The van der Waals surface area contributed by atoms with Crippen LogP contribution in [0.5, 0.6) is 11.6 Å². The van der Waals surface area contributed by atoms with Gasteiger partial charge in [-0.3, -0.25) is 9.78 Å². The molecule has 1 saturated heterocycles. The molecule has 1 aromatic carbocycles.